The Bertz CT molecular complexity index is 2850. The second kappa shape index (κ2) is 30.5. The van der Waals surface area contributed by atoms with Crippen molar-refractivity contribution in [3.05, 3.63) is 175 Å². The molecule has 0 unspecified atom stereocenters. The Morgan fingerprint density at radius 3 is 0.437 bits per heavy atom. The summed E-state index contributed by atoms with van der Waals surface area (Å²) in [4.78, 5) is 0. The fraction of sp³-hybridized carbons (Fsp3) is 0.308. The van der Waals surface area contributed by atoms with Gasteiger partial charge in [0, 0.05) is 0 Å². The molecule has 0 heterocycles. The maximum atomic E-state index is 15.3. The van der Waals surface area contributed by atoms with Gasteiger partial charge in [-0.2, -0.15) is 0 Å². The van der Waals surface area contributed by atoms with Crippen molar-refractivity contribution in [2.75, 3.05) is 13.2 Å². The molecule has 0 aliphatic heterocycles. The Morgan fingerprint density at radius 2 is 0.299 bits per heavy atom. The van der Waals surface area contributed by atoms with E-state index in [9.17, 15) is 79.0 Å². The van der Waals surface area contributed by atoms with Crippen LogP contribution in [0.25, 0.3) is 0 Å². The third kappa shape index (κ3) is 13.5. The third-order valence-corrected chi connectivity index (χ3v) is 23.0. The Kier molecular flexibility index (Phi) is 26.3. The van der Waals surface area contributed by atoms with Crippen LogP contribution in [0.15, 0.2) is 0 Å². The van der Waals surface area contributed by atoms with Crippen LogP contribution in [0.1, 0.15) is 90.9 Å². The van der Waals surface area contributed by atoms with Crippen molar-refractivity contribution in [2.45, 2.75) is 90.9 Å². The van der Waals surface area contributed by atoms with Crippen LogP contribution in [0.5, 0.6) is 0 Å². The van der Waals surface area contributed by atoms with Crippen molar-refractivity contribution in [2.24, 2.45) is 0 Å². The summed E-state index contributed by atoms with van der Waals surface area (Å²) in [5, 5.41) is 0. The normalized spacial score (nSPS) is 11.9. The van der Waals surface area contributed by atoms with E-state index >= 15 is 52.7 Å². The van der Waals surface area contributed by atoms with Crippen molar-refractivity contribution in [3.8, 4) is 0 Å². The summed E-state index contributed by atoms with van der Waals surface area (Å²) in [6.45, 7) is 1.25. The molecule has 0 aliphatic rings. The smallest absolute Gasteiger partial charge is 0.648 e. The molecule has 0 aromatic heterocycles. The fourth-order valence-corrected chi connectivity index (χ4v) is 19.1. The second-order valence-corrected chi connectivity index (χ2v) is 26.0. The molecule has 2 nitrogen and oxygen atoms in total. The van der Waals surface area contributed by atoms with Crippen molar-refractivity contribution < 1.29 is 139 Å². The van der Waals surface area contributed by atoms with E-state index in [4.69, 9.17) is 7.58 Å². The van der Waals surface area contributed by atoms with Crippen molar-refractivity contribution in [1.82, 2.24) is 0 Å². The second-order valence-electron chi connectivity index (χ2n) is 18.8. The first-order valence-electron chi connectivity index (χ1n) is 24.9. The van der Waals surface area contributed by atoms with Gasteiger partial charge in [-0.1, -0.05) is 78.1 Å². The van der Waals surface area contributed by atoms with E-state index in [2.05, 4.69) is 0 Å². The molecule has 0 spiro atoms. The van der Waals surface area contributed by atoms with Gasteiger partial charge in [0.15, 0.2) is 105 Å². The molecule has 87 heavy (non-hydrogen) atoms. The molecule has 0 saturated carbocycles. The van der Waals surface area contributed by atoms with Crippen LogP contribution in [0.2, 0.25) is 0 Å². The van der Waals surface area contributed by atoms with Gasteiger partial charge in [-0.15, -0.1) is 26.6 Å². The van der Waals surface area contributed by atoms with Gasteiger partial charge in [0.05, 0.1) is 0 Å². The average Bonchev–Trinajstić information content (AvgIpc) is 0.717. The number of halogens is 30. The van der Waals surface area contributed by atoms with E-state index in [1.807, 2.05) is 13.8 Å². The van der Waals surface area contributed by atoms with Gasteiger partial charge in [-0.3, -0.25) is 0 Å². The predicted octanol–water partition coefficient (Wildman–Crippen LogP) is 13.9. The summed E-state index contributed by atoms with van der Waals surface area (Å²) in [5.41, 5.74) is 0. The molecule has 35 heteroatoms. The molecule has 0 N–H and O–H groups in total. The van der Waals surface area contributed by atoms with Crippen LogP contribution in [0.4, 0.5) is 132 Å². The van der Waals surface area contributed by atoms with Gasteiger partial charge >= 0.3 is 64.6 Å². The van der Waals surface area contributed by atoms with E-state index in [0.29, 0.717) is 38.5 Å². The summed E-state index contributed by atoms with van der Waals surface area (Å²) in [6.07, 6.45) is 3.94. The molecule has 0 fully saturated rings. The summed E-state index contributed by atoms with van der Waals surface area (Å²) < 4.78 is 434. The van der Waals surface area contributed by atoms with Crippen LogP contribution in [-0.4, -0.2) is 77.8 Å². The summed E-state index contributed by atoms with van der Waals surface area (Å²) >= 11 is -15.4. The number of rotatable bonds is 22. The first kappa shape index (κ1) is 74.9. The van der Waals surface area contributed by atoms with E-state index in [1.54, 1.807) is 0 Å². The van der Waals surface area contributed by atoms with Gasteiger partial charge in [0.2, 0.25) is 0 Å². The molecule has 0 radical (unpaired) electrons. The van der Waals surface area contributed by atoms with Gasteiger partial charge in [-0.05, 0) is 26.1 Å². The topological polar surface area (TPSA) is 18.5 Å². The third-order valence-electron chi connectivity index (χ3n) is 13.6. The van der Waals surface area contributed by atoms with Crippen LogP contribution >= 0.6 is 0 Å². The molecular formula is C52H34Al2CaF30O2. The quantitative estimate of drug-likeness (QED) is 0.0222. The average molecular weight is 1350 g/mol. The minimum Gasteiger partial charge on any atom is -0.648 e. The van der Waals surface area contributed by atoms with Gasteiger partial charge in [0.1, 0.15) is 69.8 Å². The molecule has 6 rings (SSSR count). The fourth-order valence-electron chi connectivity index (χ4n) is 9.52. The largest absolute Gasteiger partial charge is 2.00 e. The van der Waals surface area contributed by atoms with E-state index in [0.717, 1.165) is 12.8 Å². The summed E-state index contributed by atoms with van der Waals surface area (Å²) in [6, 6.07) is 0. The summed E-state index contributed by atoms with van der Waals surface area (Å²) in [5.74, 6) is -90.8. The number of benzene rings is 6. The molecule has 0 saturated heterocycles. The standard InChI is InChI=1S/2C8H17O.6C6F5.2Al.Ca/c2*1-2-3-4-5-6-7-8-9;6*7-2-1-3(8)5(10)6(11)4(2)9;;;/h2*2-8H2,1H3;;;;;;;;;/q2*-1;;;;;;;;;+2. The molecule has 6 aromatic carbocycles. The molecule has 472 valence electrons. The van der Waals surface area contributed by atoms with Gasteiger partial charge in [0.25, 0.3) is 0 Å². The zero-order valence-corrected chi connectivity index (χ0v) is 48.4. The number of hydrogen-bond donors (Lipinski definition) is 0. The molecule has 0 amide bonds. The maximum absolute atomic E-state index is 15.3. The van der Waals surface area contributed by atoms with Crippen LogP contribution in [-0.2, 0) is 7.58 Å². The van der Waals surface area contributed by atoms with Crippen molar-refractivity contribution in [1.29, 1.82) is 0 Å². The SMILES string of the molecule is CCCCCCCC[O][Al-]([c]1c(F)c(F)c(F)c(F)c1F)([c]1c(F)c(F)c(F)c(F)c1F)[c]1c(F)c(F)c(F)c(F)c1F.CCCCCCCC[O][Al-]([c]1c(F)c(F)c(F)c(F)c1F)([c]1c(F)c(F)c(F)c(F)c1F)[c]1c(F)c(F)c(F)c(F)c1F.[Ca+2]. The monoisotopic (exact) mass is 1350 g/mol. The first-order valence-corrected chi connectivity index (χ1v) is 29.3. The summed E-state index contributed by atoms with van der Waals surface area (Å²) in [7, 11) is 0. The Labute approximate surface area is 506 Å². The van der Waals surface area contributed by atoms with Crippen LogP contribution in [0.3, 0.4) is 0 Å². The van der Waals surface area contributed by atoms with E-state index in [-0.39, 0.29) is 50.6 Å². The molecule has 0 aliphatic carbocycles. The van der Waals surface area contributed by atoms with Crippen LogP contribution < -0.4 is 26.6 Å². The predicted molar refractivity (Wildman–Crippen MR) is 251 cm³/mol. The minimum atomic E-state index is -7.68. The minimum absolute atomic E-state index is 0. The van der Waals surface area contributed by atoms with Crippen molar-refractivity contribution in [3.63, 3.8) is 0 Å². The zero-order chi connectivity index (χ0) is 65.1. The molecule has 6 aromatic rings. The Morgan fingerprint density at radius 1 is 0.184 bits per heavy atom. The van der Waals surface area contributed by atoms with Gasteiger partial charge in [-0.25, -0.2) is 132 Å². The Hall–Kier alpha value is -4.54. The number of hydrogen-bond acceptors (Lipinski definition) is 2. The van der Waals surface area contributed by atoms with Crippen molar-refractivity contribution >= 4 is 91.1 Å². The molecule has 0 atom stereocenters. The van der Waals surface area contributed by atoms with E-state index in [1.165, 1.54) is 0 Å². The maximum Gasteiger partial charge on any atom is 2.00 e. The van der Waals surface area contributed by atoms with Crippen LogP contribution in [0, 0.1) is 175 Å². The van der Waals surface area contributed by atoms with Gasteiger partial charge < -0.3 is 7.58 Å². The molecular weight excluding hydrogens is 1320 g/mol. The number of unbranched alkanes of at least 4 members (excludes halogenated alkanes) is 10. The van der Waals surface area contributed by atoms with E-state index < -0.39 is 254 Å². The Balaban J connectivity index is 0.000000368. The first-order chi connectivity index (χ1) is 40.2. The zero-order valence-electron chi connectivity index (χ0n) is 43.9. The molecule has 0 bridgehead atoms.